The molecule has 1 unspecified atom stereocenters. The zero-order chi connectivity index (χ0) is 12.8. The summed E-state index contributed by atoms with van der Waals surface area (Å²) in [6.07, 6.45) is -5.26. The molecule has 0 bridgehead atoms. The molecule has 17 heavy (non-hydrogen) atoms. The number of fused-ring (bicyclic) bond motifs is 1. The summed E-state index contributed by atoms with van der Waals surface area (Å²) in [4.78, 5) is 9.72. The molecule has 1 aliphatic rings. The van der Waals surface area contributed by atoms with Crippen molar-refractivity contribution in [3.63, 3.8) is 0 Å². The average molecular weight is 247 g/mol. The van der Waals surface area contributed by atoms with Gasteiger partial charge in [-0.2, -0.15) is 13.2 Å². The topological polar surface area (TPSA) is 63.4 Å². The van der Waals surface area contributed by atoms with Crippen molar-refractivity contribution in [2.45, 2.75) is 24.6 Å². The lowest BCUT2D eigenvalue weighted by molar-refractivity contribution is -0.385. The number of nitro groups is 1. The van der Waals surface area contributed by atoms with E-state index >= 15 is 0 Å². The van der Waals surface area contributed by atoms with E-state index < -0.39 is 34.4 Å². The summed E-state index contributed by atoms with van der Waals surface area (Å²) >= 11 is 0. The van der Waals surface area contributed by atoms with Crippen molar-refractivity contribution >= 4 is 5.69 Å². The number of aliphatic hydroxyl groups is 1. The van der Waals surface area contributed by atoms with Gasteiger partial charge in [0.25, 0.3) is 5.69 Å². The van der Waals surface area contributed by atoms with E-state index in [1.54, 1.807) is 0 Å². The molecule has 0 amide bonds. The highest BCUT2D eigenvalue weighted by Gasteiger charge is 2.58. The Hall–Kier alpha value is -1.63. The maximum atomic E-state index is 12.7. The van der Waals surface area contributed by atoms with Gasteiger partial charge >= 0.3 is 6.18 Å². The van der Waals surface area contributed by atoms with Gasteiger partial charge in [0.15, 0.2) is 5.60 Å². The van der Waals surface area contributed by atoms with Gasteiger partial charge in [-0.15, -0.1) is 0 Å². The quantitative estimate of drug-likeness (QED) is 0.611. The summed E-state index contributed by atoms with van der Waals surface area (Å²) in [7, 11) is 0. The van der Waals surface area contributed by atoms with Gasteiger partial charge in [-0.1, -0.05) is 6.07 Å². The molecular formula is C10H8F3NO3. The van der Waals surface area contributed by atoms with Crippen LogP contribution in [0.1, 0.15) is 17.5 Å². The first-order chi connectivity index (χ1) is 7.75. The SMILES string of the molecule is O=[N+]([O-])c1ccc2c(c1)C(O)(C(F)(F)F)CC2. The zero-order valence-electron chi connectivity index (χ0n) is 8.49. The van der Waals surface area contributed by atoms with Gasteiger partial charge in [0.1, 0.15) is 0 Å². The van der Waals surface area contributed by atoms with Crippen molar-refractivity contribution in [1.29, 1.82) is 0 Å². The van der Waals surface area contributed by atoms with Crippen LogP contribution in [-0.4, -0.2) is 16.2 Å². The first-order valence-corrected chi connectivity index (χ1v) is 4.82. The molecule has 0 radical (unpaired) electrons. The van der Waals surface area contributed by atoms with E-state index in [9.17, 15) is 28.4 Å². The predicted octanol–water partition coefficient (Wildman–Crippen LogP) is 2.29. The number of hydrogen-bond acceptors (Lipinski definition) is 3. The third-order valence-electron chi connectivity index (χ3n) is 2.97. The van der Waals surface area contributed by atoms with Crippen molar-refractivity contribution in [2.24, 2.45) is 0 Å². The lowest BCUT2D eigenvalue weighted by atomic mass is 9.95. The normalized spacial score (nSPS) is 23.5. The first-order valence-electron chi connectivity index (χ1n) is 4.82. The third-order valence-corrected chi connectivity index (χ3v) is 2.97. The van der Waals surface area contributed by atoms with Crippen molar-refractivity contribution in [1.82, 2.24) is 0 Å². The number of aryl methyl sites for hydroxylation is 1. The maximum Gasteiger partial charge on any atom is 0.421 e. The van der Waals surface area contributed by atoms with E-state index in [4.69, 9.17) is 0 Å². The Labute approximate surface area is 93.8 Å². The van der Waals surface area contributed by atoms with E-state index in [2.05, 4.69) is 0 Å². The van der Waals surface area contributed by atoms with Crippen LogP contribution in [0.25, 0.3) is 0 Å². The lowest BCUT2D eigenvalue weighted by Gasteiger charge is -2.26. The van der Waals surface area contributed by atoms with Crippen LogP contribution in [0.2, 0.25) is 0 Å². The Balaban J connectivity index is 2.57. The van der Waals surface area contributed by atoms with Crippen LogP contribution >= 0.6 is 0 Å². The second-order valence-corrected chi connectivity index (χ2v) is 3.96. The number of nitrogens with zero attached hydrogens (tertiary/aromatic N) is 1. The molecule has 1 aliphatic carbocycles. The number of halogens is 3. The molecule has 0 fully saturated rings. The van der Waals surface area contributed by atoms with Gasteiger partial charge in [0.05, 0.1) is 4.92 Å². The molecule has 0 heterocycles. The van der Waals surface area contributed by atoms with Crippen LogP contribution in [0.5, 0.6) is 0 Å². The molecule has 1 atom stereocenters. The number of rotatable bonds is 1. The molecule has 92 valence electrons. The van der Waals surface area contributed by atoms with Gasteiger partial charge in [0, 0.05) is 17.7 Å². The summed E-state index contributed by atoms with van der Waals surface area (Å²) in [6, 6.07) is 3.20. The first kappa shape index (κ1) is 11.8. The zero-order valence-corrected chi connectivity index (χ0v) is 8.49. The van der Waals surface area contributed by atoms with Gasteiger partial charge in [-0.3, -0.25) is 10.1 Å². The standard InChI is InChI=1S/C10H8F3NO3/c11-10(12,13)9(15)4-3-6-1-2-7(14(16)17)5-8(6)9/h1-2,5,15H,3-4H2. The second kappa shape index (κ2) is 3.43. The molecule has 0 saturated carbocycles. The fourth-order valence-corrected chi connectivity index (χ4v) is 2.03. The Kier molecular flexibility index (Phi) is 2.39. The Morgan fingerprint density at radius 3 is 2.59 bits per heavy atom. The minimum absolute atomic E-state index is 0.0589. The van der Waals surface area contributed by atoms with Gasteiger partial charge in [-0.25, -0.2) is 0 Å². The number of benzene rings is 1. The van der Waals surface area contributed by atoms with Gasteiger partial charge in [0.2, 0.25) is 0 Å². The Morgan fingerprint density at radius 1 is 1.41 bits per heavy atom. The average Bonchev–Trinajstić information content (AvgIpc) is 2.56. The van der Waals surface area contributed by atoms with Crippen LogP contribution in [0.4, 0.5) is 18.9 Å². The molecule has 1 N–H and O–H groups in total. The fraction of sp³-hybridized carbons (Fsp3) is 0.400. The van der Waals surface area contributed by atoms with E-state index in [0.29, 0.717) is 5.56 Å². The molecule has 4 nitrogen and oxygen atoms in total. The highest BCUT2D eigenvalue weighted by atomic mass is 19.4. The highest BCUT2D eigenvalue weighted by Crippen LogP contribution is 2.48. The molecule has 2 rings (SSSR count). The summed E-state index contributed by atoms with van der Waals surface area (Å²) in [5.74, 6) is 0. The summed E-state index contributed by atoms with van der Waals surface area (Å²) in [5, 5.41) is 20.1. The van der Waals surface area contributed by atoms with Crippen LogP contribution in [-0.2, 0) is 12.0 Å². The second-order valence-electron chi connectivity index (χ2n) is 3.96. The number of non-ortho nitro benzene ring substituents is 1. The lowest BCUT2D eigenvalue weighted by Crippen LogP contribution is -2.40. The van der Waals surface area contributed by atoms with Crippen molar-refractivity contribution in [3.05, 3.63) is 39.4 Å². The maximum absolute atomic E-state index is 12.7. The smallest absolute Gasteiger partial charge is 0.376 e. The monoisotopic (exact) mass is 247 g/mol. The summed E-state index contributed by atoms with van der Waals surface area (Å²) in [6.45, 7) is 0. The summed E-state index contributed by atoms with van der Waals surface area (Å²) < 4.78 is 38.2. The van der Waals surface area contributed by atoms with E-state index in [0.717, 1.165) is 12.1 Å². The van der Waals surface area contributed by atoms with E-state index in [1.807, 2.05) is 0 Å². The van der Waals surface area contributed by atoms with Crippen LogP contribution < -0.4 is 0 Å². The van der Waals surface area contributed by atoms with Crippen LogP contribution in [0.3, 0.4) is 0 Å². The molecule has 0 saturated heterocycles. The minimum atomic E-state index is -4.83. The summed E-state index contributed by atoms with van der Waals surface area (Å²) in [5.41, 5.74) is -3.52. The number of hydrogen-bond donors (Lipinski definition) is 1. The molecule has 7 heteroatoms. The molecule has 1 aromatic carbocycles. The van der Waals surface area contributed by atoms with Crippen molar-refractivity contribution < 1.29 is 23.2 Å². The largest absolute Gasteiger partial charge is 0.421 e. The Morgan fingerprint density at radius 2 is 2.06 bits per heavy atom. The third kappa shape index (κ3) is 1.66. The van der Waals surface area contributed by atoms with Crippen molar-refractivity contribution in [3.8, 4) is 0 Å². The molecule has 0 spiro atoms. The van der Waals surface area contributed by atoms with Crippen LogP contribution in [0, 0.1) is 10.1 Å². The molecule has 0 aromatic heterocycles. The molecule has 0 aliphatic heterocycles. The Bertz CT molecular complexity index is 486. The van der Waals surface area contributed by atoms with Crippen molar-refractivity contribution in [2.75, 3.05) is 0 Å². The molecule has 1 aromatic rings. The highest BCUT2D eigenvalue weighted by molar-refractivity contribution is 5.46. The van der Waals surface area contributed by atoms with E-state index in [-0.39, 0.29) is 6.42 Å². The van der Waals surface area contributed by atoms with Gasteiger partial charge in [-0.05, 0) is 18.4 Å². The fourth-order valence-electron chi connectivity index (χ4n) is 2.03. The van der Waals surface area contributed by atoms with E-state index in [1.165, 1.54) is 6.07 Å². The van der Waals surface area contributed by atoms with Crippen LogP contribution in [0.15, 0.2) is 18.2 Å². The minimum Gasteiger partial charge on any atom is -0.376 e. The van der Waals surface area contributed by atoms with Gasteiger partial charge < -0.3 is 5.11 Å². The number of alkyl halides is 3. The molecular weight excluding hydrogens is 239 g/mol. The number of nitro benzene ring substituents is 1. The predicted molar refractivity (Wildman–Crippen MR) is 51.4 cm³/mol.